The summed E-state index contributed by atoms with van der Waals surface area (Å²) in [5, 5.41) is 21.8. The van der Waals surface area contributed by atoms with Gasteiger partial charge in [-0.3, -0.25) is 0 Å². The van der Waals surface area contributed by atoms with E-state index in [1.54, 1.807) is 26.1 Å². The number of urea groups is 1. The van der Waals surface area contributed by atoms with Crippen molar-refractivity contribution in [3.63, 3.8) is 0 Å². The third-order valence-electron chi connectivity index (χ3n) is 3.15. The topological polar surface area (TPSA) is 72.8 Å². The highest BCUT2D eigenvalue weighted by atomic mass is 35.5. The fraction of sp³-hybridized carbons (Fsp3) is 0.500. The van der Waals surface area contributed by atoms with Gasteiger partial charge in [0.25, 0.3) is 0 Å². The monoisotopic (exact) mass is 300 g/mol. The molecular weight excluding hydrogens is 280 g/mol. The fourth-order valence-corrected chi connectivity index (χ4v) is 1.86. The van der Waals surface area contributed by atoms with E-state index in [2.05, 4.69) is 5.32 Å². The highest BCUT2D eigenvalue weighted by Gasteiger charge is 2.26. The van der Waals surface area contributed by atoms with E-state index in [1.807, 2.05) is 13.0 Å². The molecule has 0 fully saturated rings. The van der Waals surface area contributed by atoms with Crippen molar-refractivity contribution in [2.45, 2.75) is 13.8 Å². The Kier molecular flexibility index (Phi) is 5.80. The van der Waals surface area contributed by atoms with E-state index in [9.17, 15) is 15.0 Å². The molecule has 0 aromatic heterocycles. The molecule has 5 nitrogen and oxygen atoms in total. The van der Waals surface area contributed by atoms with Crippen LogP contribution in [0.2, 0.25) is 5.02 Å². The number of nitrogens with one attached hydrogen (secondary N) is 1. The van der Waals surface area contributed by atoms with Crippen molar-refractivity contribution in [3.05, 3.63) is 28.8 Å². The third-order valence-corrected chi connectivity index (χ3v) is 3.56. The van der Waals surface area contributed by atoms with Crippen molar-refractivity contribution in [3.8, 4) is 0 Å². The van der Waals surface area contributed by atoms with Crippen LogP contribution < -0.4 is 5.32 Å². The Morgan fingerprint density at radius 1 is 1.40 bits per heavy atom. The normalized spacial score (nSPS) is 11.3. The molecule has 0 aliphatic carbocycles. The smallest absolute Gasteiger partial charge is 0.321 e. The van der Waals surface area contributed by atoms with Crippen LogP contribution in [0.1, 0.15) is 12.5 Å². The maximum Gasteiger partial charge on any atom is 0.321 e. The van der Waals surface area contributed by atoms with Crippen molar-refractivity contribution in [1.29, 1.82) is 0 Å². The Labute approximate surface area is 124 Å². The van der Waals surface area contributed by atoms with Crippen LogP contribution in [0.4, 0.5) is 10.5 Å². The van der Waals surface area contributed by atoms with Gasteiger partial charge in [0.1, 0.15) is 0 Å². The predicted molar refractivity (Wildman–Crippen MR) is 80.1 cm³/mol. The van der Waals surface area contributed by atoms with Gasteiger partial charge < -0.3 is 20.4 Å². The lowest BCUT2D eigenvalue weighted by atomic mass is 9.92. The molecule has 0 radical (unpaired) electrons. The van der Waals surface area contributed by atoms with Gasteiger partial charge >= 0.3 is 6.03 Å². The van der Waals surface area contributed by atoms with E-state index >= 15 is 0 Å². The third kappa shape index (κ3) is 4.37. The van der Waals surface area contributed by atoms with Crippen LogP contribution in [-0.2, 0) is 0 Å². The zero-order valence-corrected chi connectivity index (χ0v) is 12.7. The summed E-state index contributed by atoms with van der Waals surface area (Å²) in [5.74, 6) is 0. The quantitative estimate of drug-likeness (QED) is 0.780. The lowest BCUT2D eigenvalue weighted by molar-refractivity contribution is 0.0509. The summed E-state index contributed by atoms with van der Waals surface area (Å²) in [5.41, 5.74) is 0.815. The molecule has 0 unspecified atom stereocenters. The number of aryl methyl sites for hydroxylation is 1. The number of halogens is 1. The number of anilines is 1. The van der Waals surface area contributed by atoms with E-state index in [1.165, 1.54) is 4.90 Å². The molecule has 0 heterocycles. The zero-order chi connectivity index (χ0) is 15.3. The van der Waals surface area contributed by atoms with E-state index in [4.69, 9.17) is 11.6 Å². The molecule has 1 rings (SSSR count). The summed E-state index contributed by atoms with van der Waals surface area (Å²) in [4.78, 5) is 13.4. The number of aliphatic hydroxyl groups is 2. The van der Waals surface area contributed by atoms with Crippen molar-refractivity contribution >= 4 is 23.3 Å². The first-order valence-corrected chi connectivity index (χ1v) is 6.69. The molecule has 2 amide bonds. The largest absolute Gasteiger partial charge is 0.396 e. The average Bonchev–Trinajstić information content (AvgIpc) is 2.42. The Hall–Kier alpha value is -1.30. The highest BCUT2D eigenvalue weighted by molar-refractivity contribution is 6.31. The maximum absolute atomic E-state index is 12.0. The molecule has 0 bridgehead atoms. The number of hydrogen-bond acceptors (Lipinski definition) is 3. The second kappa shape index (κ2) is 6.92. The molecule has 0 atom stereocenters. The minimum Gasteiger partial charge on any atom is -0.396 e. The molecule has 0 spiro atoms. The molecule has 0 aliphatic rings. The van der Waals surface area contributed by atoms with Crippen LogP contribution in [-0.4, -0.2) is 48.0 Å². The summed E-state index contributed by atoms with van der Waals surface area (Å²) in [7, 11) is 1.61. The van der Waals surface area contributed by atoms with Gasteiger partial charge in [-0.2, -0.15) is 0 Å². The summed E-state index contributed by atoms with van der Waals surface area (Å²) in [6.07, 6.45) is 0. The zero-order valence-electron chi connectivity index (χ0n) is 12.0. The second-order valence-electron chi connectivity index (χ2n) is 5.38. The molecule has 6 heteroatoms. The van der Waals surface area contributed by atoms with Crippen molar-refractivity contribution in [2.24, 2.45) is 5.41 Å². The van der Waals surface area contributed by atoms with Crippen LogP contribution in [0.5, 0.6) is 0 Å². The summed E-state index contributed by atoms with van der Waals surface area (Å²) in [6.45, 7) is 3.44. The van der Waals surface area contributed by atoms with E-state index in [0.29, 0.717) is 10.7 Å². The number of amides is 2. The van der Waals surface area contributed by atoms with E-state index in [-0.39, 0.29) is 25.8 Å². The molecular formula is C14H21ClN2O3. The number of rotatable bonds is 5. The van der Waals surface area contributed by atoms with Crippen LogP contribution in [0.15, 0.2) is 18.2 Å². The second-order valence-corrected chi connectivity index (χ2v) is 5.78. The fourth-order valence-electron chi connectivity index (χ4n) is 1.68. The van der Waals surface area contributed by atoms with Gasteiger partial charge in [0.05, 0.1) is 13.2 Å². The molecule has 1 aromatic rings. The van der Waals surface area contributed by atoms with Gasteiger partial charge in [-0.05, 0) is 24.6 Å². The summed E-state index contributed by atoms with van der Waals surface area (Å²) in [6, 6.07) is 4.95. The van der Waals surface area contributed by atoms with Crippen molar-refractivity contribution in [2.75, 3.05) is 32.1 Å². The molecule has 0 saturated heterocycles. The lowest BCUT2D eigenvalue weighted by Gasteiger charge is -2.30. The molecule has 3 N–H and O–H groups in total. The van der Waals surface area contributed by atoms with Crippen LogP contribution in [0.3, 0.4) is 0 Å². The van der Waals surface area contributed by atoms with Gasteiger partial charge in [-0.25, -0.2) is 4.79 Å². The molecule has 112 valence electrons. The van der Waals surface area contributed by atoms with Gasteiger partial charge in [0.2, 0.25) is 0 Å². The predicted octanol–water partition coefficient (Wildman–Crippen LogP) is 2.10. The highest BCUT2D eigenvalue weighted by Crippen LogP contribution is 2.21. The maximum atomic E-state index is 12.0. The van der Waals surface area contributed by atoms with E-state index in [0.717, 1.165) is 5.56 Å². The Balaban J connectivity index is 2.68. The first-order chi connectivity index (χ1) is 9.31. The number of nitrogens with zero attached hydrogens (tertiary/aromatic N) is 1. The van der Waals surface area contributed by atoms with E-state index < -0.39 is 5.41 Å². The summed E-state index contributed by atoms with van der Waals surface area (Å²) < 4.78 is 0. The minimum absolute atomic E-state index is 0.197. The van der Waals surface area contributed by atoms with Gasteiger partial charge in [-0.15, -0.1) is 0 Å². The van der Waals surface area contributed by atoms with Gasteiger partial charge in [0, 0.05) is 29.7 Å². The molecule has 0 saturated carbocycles. The van der Waals surface area contributed by atoms with Gasteiger partial charge in [-0.1, -0.05) is 24.6 Å². The number of benzene rings is 1. The SMILES string of the molecule is Cc1ccc(NC(=O)N(C)CC(C)(CO)CO)cc1Cl. The van der Waals surface area contributed by atoms with Crippen LogP contribution in [0.25, 0.3) is 0 Å². The first-order valence-electron chi connectivity index (χ1n) is 6.31. The number of carbonyl (C=O) groups excluding carboxylic acids is 1. The first kappa shape index (κ1) is 16.8. The molecule has 0 aliphatic heterocycles. The number of carbonyl (C=O) groups is 1. The Bertz CT molecular complexity index is 475. The van der Waals surface area contributed by atoms with Crippen molar-refractivity contribution < 1.29 is 15.0 Å². The Morgan fingerprint density at radius 2 is 2.00 bits per heavy atom. The lowest BCUT2D eigenvalue weighted by Crippen LogP contribution is -2.43. The Morgan fingerprint density at radius 3 is 2.50 bits per heavy atom. The van der Waals surface area contributed by atoms with Crippen LogP contribution >= 0.6 is 11.6 Å². The molecule has 1 aromatic carbocycles. The standard InChI is InChI=1S/C14H21ClN2O3/c1-10-4-5-11(6-12(10)15)16-13(20)17(3)7-14(2,8-18)9-19/h4-6,18-19H,7-9H2,1-3H3,(H,16,20). The average molecular weight is 301 g/mol. The van der Waals surface area contributed by atoms with Crippen LogP contribution in [0, 0.1) is 12.3 Å². The number of aliphatic hydroxyl groups excluding tert-OH is 2. The summed E-state index contributed by atoms with van der Waals surface area (Å²) >= 11 is 6.00. The molecule has 20 heavy (non-hydrogen) atoms. The van der Waals surface area contributed by atoms with Gasteiger partial charge in [0.15, 0.2) is 0 Å². The minimum atomic E-state index is -0.725. The number of hydrogen-bond donors (Lipinski definition) is 3. The van der Waals surface area contributed by atoms with Crippen molar-refractivity contribution in [1.82, 2.24) is 4.90 Å².